The van der Waals surface area contributed by atoms with E-state index in [2.05, 4.69) is 5.32 Å². The first kappa shape index (κ1) is 17.4. The molecule has 2 aromatic rings. The van der Waals surface area contributed by atoms with Crippen LogP contribution >= 0.6 is 0 Å². The summed E-state index contributed by atoms with van der Waals surface area (Å²) >= 11 is 0. The molecule has 0 amide bonds. The summed E-state index contributed by atoms with van der Waals surface area (Å²) in [6.07, 6.45) is 0. The predicted octanol–water partition coefficient (Wildman–Crippen LogP) is 2.16. The minimum atomic E-state index is -3.92. The molecule has 1 heterocycles. The number of hydrogen-bond donors (Lipinski definition) is 1. The number of carbonyl (C=O) groups excluding carboxylic acids is 1. The number of ether oxygens (including phenoxy) is 1. The van der Waals surface area contributed by atoms with Crippen molar-refractivity contribution in [3.05, 3.63) is 59.7 Å². The van der Waals surface area contributed by atoms with E-state index < -0.39 is 16.0 Å². The van der Waals surface area contributed by atoms with Crippen molar-refractivity contribution in [3.63, 3.8) is 0 Å². The van der Waals surface area contributed by atoms with Crippen molar-refractivity contribution in [2.75, 3.05) is 18.0 Å². The van der Waals surface area contributed by atoms with Gasteiger partial charge < -0.3 is 10.1 Å². The molecule has 0 spiro atoms. The molecule has 0 aromatic heterocycles. The lowest BCUT2D eigenvalue weighted by Crippen LogP contribution is -2.40. The summed E-state index contributed by atoms with van der Waals surface area (Å²) in [7, 11) is -2.69. The largest absolute Gasteiger partial charge is 0.465 e. The van der Waals surface area contributed by atoms with Crippen LogP contribution in [0.4, 0.5) is 5.69 Å². The number of nitrogens with zero attached hydrogens (tertiary/aromatic N) is 1. The Morgan fingerprint density at radius 2 is 1.84 bits per heavy atom. The molecule has 1 aliphatic heterocycles. The van der Waals surface area contributed by atoms with Gasteiger partial charge in [0, 0.05) is 19.1 Å². The first-order valence-corrected chi connectivity index (χ1v) is 9.40. The first-order chi connectivity index (χ1) is 11.9. The molecule has 7 heteroatoms. The molecule has 1 unspecified atom stereocenters. The van der Waals surface area contributed by atoms with Gasteiger partial charge in [-0.2, -0.15) is 0 Å². The fourth-order valence-corrected chi connectivity index (χ4v) is 4.69. The second-order valence-corrected chi connectivity index (χ2v) is 7.77. The molecule has 0 saturated carbocycles. The number of nitrogens with one attached hydrogen (secondary N) is 1. The highest BCUT2D eigenvalue weighted by Gasteiger charge is 2.32. The number of sulfonamides is 1. The van der Waals surface area contributed by atoms with Gasteiger partial charge in [-0.3, -0.25) is 4.31 Å². The van der Waals surface area contributed by atoms with E-state index in [4.69, 9.17) is 4.74 Å². The molecule has 0 bridgehead atoms. The molecule has 2 aromatic carbocycles. The lowest BCUT2D eigenvalue weighted by molar-refractivity contribution is 0.0596. The maximum absolute atomic E-state index is 13.4. The molecule has 3 rings (SSSR count). The van der Waals surface area contributed by atoms with Crippen molar-refractivity contribution in [1.29, 1.82) is 0 Å². The second-order valence-electron chi connectivity index (χ2n) is 5.93. The van der Waals surface area contributed by atoms with Gasteiger partial charge in [0.05, 0.1) is 18.4 Å². The normalized spacial score (nSPS) is 17.5. The fraction of sp³-hybridized carbons (Fsp3) is 0.278. The Hall–Kier alpha value is -2.38. The van der Waals surface area contributed by atoms with Gasteiger partial charge >= 0.3 is 5.97 Å². The van der Waals surface area contributed by atoms with Crippen LogP contribution in [-0.4, -0.2) is 34.1 Å². The van der Waals surface area contributed by atoms with Crippen LogP contribution in [0.25, 0.3) is 0 Å². The molecule has 132 valence electrons. The van der Waals surface area contributed by atoms with E-state index in [1.807, 2.05) is 25.1 Å². The number of fused-ring (bicyclic) bond motifs is 1. The Morgan fingerprint density at radius 3 is 2.60 bits per heavy atom. The van der Waals surface area contributed by atoms with Gasteiger partial charge in [-0.15, -0.1) is 0 Å². The van der Waals surface area contributed by atoms with Crippen molar-refractivity contribution in [1.82, 2.24) is 5.32 Å². The number of hydrogen-bond acceptors (Lipinski definition) is 5. The monoisotopic (exact) mass is 360 g/mol. The van der Waals surface area contributed by atoms with Crippen LogP contribution < -0.4 is 9.62 Å². The van der Waals surface area contributed by atoms with Crippen molar-refractivity contribution >= 4 is 21.7 Å². The SMILES string of the molecule is COC(=O)c1ccccc1S(=O)(=O)N1CC(C)NCc2ccccc21. The van der Waals surface area contributed by atoms with Gasteiger partial charge in [0.15, 0.2) is 0 Å². The minimum Gasteiger partial charge on any atom is -0.465 e. The first-order valence-electron chi connectivity index (χ1n) is 7.96. The summed E-state index contributed by atoms with van der Waals surface area (Å²) in [6, 6.07) is 13.5. The second kappa shape index (κ2) is 6.85. The van der Waals surface area contributed by atoms with Gasteiger partial charge in [0.1, 0.15) is 4.90 Å². The molecule has 0 saturated heterocycles. The lowest BCUT2D eigenvalue weighted by atomic mass is 10.2. The average Bonchev–Trinajstić information content (AvgIpc) is 2.81. The van der Waals surface area contributed by atoms with Crippen LogP contribution in [0.1, 0.15) is 22.8 Å². The van der Waals surface area contributed by atoms with Crippen molar-refractivity contribution < 1.29 is 17.9 Å². The van der Waals surface area contributed by atoms with Crippen molar-refractivity contribution in [2.24, 2.45) is 0 Å². The summed E-state index contributed by atoms with van der Waals surface area (Å²) in [5.74, 6) is -0.673. The summed E-state index contributed by atoms with van der Waals surface area (Å²) in [4.78, 5) is 12.0. The van der Waals surface area contributed by atoms with Crippen LogP contribution in [-0.2, 0) is 21.3 Å². The standard InChI is InChI=1S/C18H20N2O4S/c1-13-12-20(16-9-5-3-7-14(16)11-19-13)25(22,23)17-10-6-4-8-15(17)18(21)24-2/h3-10,13,19H,11-12H2,1-2H3. The highest BCUT2D eigenvalue weighted by Crippen LogP contribution is 2.30. The Morgan fingerprint density at radius 1 is 1.16 bits per heavy atom. The number of anilines is 1. The van der Waals surface area contributed by atoms with E-state index in [-0.39, 0.29) is 23.0 Å². The van der Waals surface area contributed by atoms with E-state index in [9.17, 15) is 13.2 Å². The molecular formula is C18H20N2O4S. The number of rotatable bonds is 3. The Balaban J connectivity index is 2.16. The summed E-state index contributed by atoms with van der Waals surface area (Å²) < 4.78 is 32.9. The van der Waals surface area contributed by atoms with E-state index in [1.54, 1.807) is 18.2 Å². The van der Waals surface area contributed by atoms with E-state index in [0.29, 0.717) is 12.2 Å². The molecule has 0 aliphatic carbocycles. The molecule has 6 nitrogen and oxygen atoms in total. The Kier molecular flexibility index (Phi) is 4.78. The zero-order valence-corrected chi connectivity index (χ0v) is 14.9. The van der Waals surface area contributed by atoms with Crippen LogP contribution in [0.2, 0.25) is 0 Å². The van der Waals surface area contributed by atoms with E-state index in [0.717, 1.165) is 5.56 Å². The van der Waals surface area contributed by atoms with Gasteiger partial charge in [0.25, 0.3) is 10.0 Å². The van der Waals surface area contributed by atoms with E-state index in [1.165, 1.54) is 23.5 Å². The molecule has 1 aliphatic rings. The molecule has 25 heavy (non-hydrogen) atoms. The minimum absolute atomic E-state index is 0.0346. The third-order valence-electron chi connectivity index (χ3n) is 4.20. The van der Waals surface area contributed by atoms with Crippen LogP contribution in [0.15, 0.2) is 53.4 Å². The van der Waals surface area contributed by atoms with Gasteiger partial charge in [0.2, 0.25) is 0 Å². The van der Waals surface area contributed by atoms with Gasteiger partial charge in [-0.25, -0.2) is 13.2 Å². The smallest absolute Gasteiger partial charge is 0.339 e. The third-order valence-corrected chi connectivity index (χ3v) is 6.04. The van der Waals surface area contributed by atoms with Gasteiger partial charge in [-0.05, 0) is 30.7 Å². The van der Waals surface area contributed by atoms with E-state index >= 15 is 0 Å². The Bertz CT molecular complexity index is 895. The average molecular weight is 360 g/mol. The topological polar surface area (TPSA) is 75.7 Å². The number of methoxy groups -OCH3 is 1. The third kappa shape index (κ3) is 3.25. The number of esters is 1. The zero-order chi connectivity index (χ0) is 18.0. The van der Waals surface area contributed by atoms with Crippen LogP contribution in [0.5, 0.6) is 0 Å². The summed E-state index contributed by atoms with van der Waals surface area (Å²) in [5.41, 5.74) is 1.55. The molecule has 1 N–H and O–H groups in total. The molecule has 0 fully saturated rings. The van der Waals surface area contributed by atoms with Crippen molar-refractivity contribution in [3.8, 4) is 0 Å². The zero-order valence-electron chi connectivity index (χ0n) is 14.1. The van der Waals surface area contributed by atoms with Gasteiger partial charge in [-0.1, -0.05) is 30.3 Å². The molecule has 1 atom stereocenters. The summed E-state index contributed by atoms with van der Waals surface area (Å²) in [5, 5.41) is 3.31. The fourth-order valence-electron chi connectivity index (χ4n) is 2.92. The quantitative estimate of drug-likeness (QED) is 0.849. The van der Waals surface area contributed by atoms with Crippen LogP contribution in [0.3, 0.4) is 0 Å². The highest BCUT2D eigenvalue weighted by molar-refractivity contribution is 7.93. The molecule has 0 radical (unpaired) electrons. The maximum Gasteiger partial charge on any atom is 0.339 e. The Labute approximate surface area is 147 Å². The lowest BCUT2D eigenvalue weighted by Gasteiger charge is -2.26. The number of benzene rings is 2. The van der Waals surface area contributed by atoms with Crippen molar-refractivity contribution in [2.45, 2.75) is 24.4 Å². The molecular weight excluding hydrogens is 340 g/mol. The maximum atomic E-state index is 13.4. The number of carbonyl (C=O) groups is 1. The highest BCUT2D eigenvalue weighted by atomic mass is 32.2. The summed E-state index contributed by atoms with van der Waals surface area (Å²) in [6.45, 7) is 2.79. The predicted molar refractivity (Wildman–Crippen MR) is 95.1 cm³/mol. The number of para-hydroxylation sites is 1. The van der Waals surface area contributed by atoms with Crippen LogP contribution in [0, 0.1) is 0 Å².